The summed E-state index contributed by atoms with van der Waals surface area (Å²) in [7, 11) is 2.08. The van der Waals surface area contributed by atoms with Crippen molar-refractivity contribution >= 4 is 33.9 Å². The number of aromatic nitrogens is 1. The van der Waals surface area contributed by atoms with Crippen molar-refractivity contribution in [3.63, 3.8) is 0 Å². The second-order valence-electron chi connectivity index (χ2n) is 4.01. The third-order valence-corrected chi connectivity index (χ3v) is 3.47. The van der Waals surface area contributed by atoms with Crippen molar-refractivity contribution in [1.82, 2.24) is 4.98 Å². The lowest BCUT2D eigenvalue weighted by Crippen LogP contribution is -2.21. The second kappa shape index (κ2) is 5.27. The Hall–Kier alpha value is -1.42. The Bertz CT molecular complexity index is 513. The summed E-state index contributed by atoms with van der Waals surface area (Å²) in [5, 5.41) is 2.17. The van der Waals surface area contributed by atoms with Crippen molar-refractivity contribution in [3.05, 3.63) is 30.6 Å². The standard InChI is InChI=1S/C13H17N3S/c1-16(7-8-17-2)12-4-3-10-9-15-6-5-11(10)13(12)14/h3-6,9H,7-8,14H2,1-2H3. The minimum atomic E-state index is 0.841. The largest absolute Gasteiger partial charge is 0.397 e. The Labute approximate surface area is 106 Å². The highest BCUT2D eigenvalue weighted by Crippen LogP contribution is 2.30. The van der Waals surface area contributed by atoms with Gasteiger partial charge in [0, 0.05) is 42.5 Å². The first-order valence-corrected chi connectivity index (χ1v) is 6.95. The van der Waals surface area contributed by atoms with Crippen molar-refractivity contribution in [2.75, 3.05) is 36.2 Å². The number of fused-ring (bicyclic) bond motifs is 1. The zero-order valence-electron chi connectivity index (χ0n) is 10.2. The molecule has 3 nitrogen and oxygen atoms in total. The smallest absolute Gasteiger partial charge is 0.0632 e. The van der Waals surface area contributed by atoms with Gasteiger partial charge in [0.15, 0.2) is 0 Å². The Morgan fingerprint density at radius 2 is 2.18 bits per heavy atom. The van der Waals surface area contributed by atoms with Crippen molar-refractivity contribution in [1.29, 1.82) is 0 Å². The zero-order valence-corrected chi connectivity index (χ0v) is 11.0. The molecule has 0 aliphatic rings. The minimum absolute atomic E-state index is 0.841. The first-order valence-electron chi connectivity index (χ1n) is 5.56. The molecule has 1 aromatic heterocycles. The molecule has 0 amide bonds. The molecule has 0 saturated heterocycles. The Kier molecular flexibility index (Phi) is 3.74. The summed E-state index contributed by atoms with van der Waals surface area (Å²) in [6, 6.07) is 6.11. The Morgan fingerprint density at radius 3 is 2.94 bits per heavy atom. The van der Waals surface area contributed by atoms with Gasteiger partial charge in [-0.25, -0.2) is 0 Å². The average Bonchev–Trinajstić information content (AvgIpc) is 2.37. The normalized spacial score (nSPS) is 10.7. The van der Waals surface area contributed by atoms with E-state index in [2.05, 4.69) is 35.3 Å². The van der Waals surface area contributed by atoms with Crippen molar-refractivity contribution in [3.8, 4) is 0 Å². The number of hydrogen-bond acceptors (Lipinski definition) is 4. The highest BCUT2D eigenvalue weighted by molar-refractivity contribution is 7.98. The number of anilines is 2. The van der Waals surface area contributed by atoms with E-state index in [0.717, 1.165) is 34.4 Å². The molecule has 2 rings (SSSR count). The summed E-state index contributed by atoms with van der Waals surface area (Å²) in [6.45, 7) is 1.00. The fourth-order valence-electron chi connectivity index (χ4n) is 1.86. The van der Waals surface area contributed by atoms with Gasteiger partial charge in [-0.3, -0.25) is 4.98 Å². The van der Waals surface area contributed by atoms with Gasteiger partial charge >= 0.3 is 0 Å². The van der Waals surface area contributed by atoms with Crippen molar-refractivity contribution < 1.29 is 0 Å². The number of hydrogen-bond donors (Lipinski definition) is 1. The topological polar surface area (TPSA) is 42.2 Å². The molecule has 0 saturated carbocycles. The van der Waals surface area contributed by atoms with E-state index >= 15 is 0 Å². The number of thioether (sulfide) groups is 1. The van der Waals surface area contributed by atoms with E-state index in [4.69, 9.17) is 5.73 Å². The van der Waals surface area contributed by atoms with Crippen LogP contribution in [-0.4, -0.2) is 30.6 Å². The van der Waals surface area contributed by atoms with Crippen LogP contribution in [0.3, 0.4) is 0 Å². The fraction of sp³-hybridized carbons (Fsp3) is 0.308. The average molecular weight is 247 g/mol. The molecule has 0 atom stereocenters. The molecule has 1 heterocycles. The maximum absolute atomic E-state index is 6.22. The van der Waals surface area contributed by atoms with E-state index in [9.17, 15) is 0 Å². The second-order valence-corrected chi connectivity index (χ2v) is 5.00. The molecular weight excluding hydrogens is 230 g/mol. The third-order valence-electron chi connectivity index (χ3n) is 2.88. The molecule has 0 bridgehead atoms. The molecule has 0 unspecified atom stereocenters. The van der Waals surface area contributed by atoms with Gasteiger partial charge in [-0.05, 0) is 18.4 Å². The Morgan fingerprint density at radius 1 is 1.35 bits per heavy atom. The van der Waals surface area contributed by atoms with E-state index in [-0.39, 0.29) is 0 Å². The van der Waals surface area contributed by atoms with Crippen LogP contribution in [-0.2, 0) is 0 Å². The molecule has 0 spiro atoms. The molecule has 90 valence electrons. The van der Waals surface area contributed by atoms with Crippen LogP contribution in [0.1, 0.15) is 0 Å². The van der Waals surface area contributed by atoms with Gasteiger partial charge < -0.3 is 10.6 Å². The molecule has 4 heteroatoms. The lowest BCUT2D eigenvalue weighted by atomic mass is 10.1. The van der Waals surface area contributed by atoms with Gasteiger partial charge in [0.05, 0.1) is 11.4 Å². The molecule has 2 aromatic rings. The first kappa shape index (κ1) is 12.0. The van der Waals surface area contributed by atoms with Crippen LogP contribution in [0.2, 0.25) is 0 Å². The van der Waals surface area contributed by atoms with Crippen molar-refractivity contribution in [2.24, 2.45) is 0 Å². The third kappa shape index (κ3) is 2.47. The molecule has 1 aromatic carbocycles. The highest BCUT2D eigenvalue weighted by atomic mass is 32.2. The molecule has 0 aliphatic heterocycles. The number of nitrogens with zero attached hydrogens (tertiary/aromatic N) is 2. The van der Waals surface area contributed by atoms with Crippen LogP contribution < -0.4 is 10.6 Å². The molecule has 0 aliphatic carbocycles. The van der Waals surface area contributed by atoms with Gasteiger partial charge in [-0.2, -0.15) is 11.8 Å². The molecule has 17 heavy (non-hydrogen) atoms. The molecule has 0 radical (unpaired) electrons. The van der Waals surface area contributed by atoms with Gasteiger partial charge in [0.1, 0.15) is 0 Å². The van der Waals surface area contributed by atoms with Gasteiger partial charge in [0.25, 0.3) is 0 Å². The summed E-state index contributed by atoms with van der Waals surface area (Å²) in [4.78, 5) is 6.31. The van der Waals surface area contributed by atoms with E-state index in [1.807, 2.05) is 24.0 Å². The fourth-order valence-corrected chi connectivity index (χ4v) is 2.32. The summed E-state index contributed by atoms with van der Waals surface area (Å²) in [5.74, 6) is 1.10. The SMILES string of the molecule is CSCCN(C)c1ccc2cnccc2c1N. The van der Waals surface area contributed by atoms with E-state index < -0.39 is 0 Å². The number of nitrogens with two attached hydrogens (primary N) is 1. The van der Waals surface area contributed by atoms with Crippen LogP contribution in [0.5, 0.6) is 0 Å². The zero-order chi connectivity index (χ0) is 12.3. The lowest BCUT2D eigenvalue weighted by Gasteiger charge is -2.21. The summed E-state index contributed by atoms with van der Waals surface area (Å²) < 4.78 is 0. The number of pyridine rings is 1. The maximum Gasteiger partial charge on any atom is 0.0632 e. The van der Waals surface area contributed by atoms with Crippen LogP contribution in [0.4, 0.5) is 11.4 Å². The maximum atomic E-state index is 6.22. The number of benzene rings is 1. The van der Waals surface area contributed by atoms with Gasteiger partial charge in [0.2, 0.25) is 0 Å². The number of rotatable bonds is 4. The van der Waals surface area contributed by atoms with Crippen LogP contribution in [0.15, 0.2) is 30.6 Å². The molecular formula is C13H17N3S. The molecule has 2 N–H and O–H groups in total. The molecule has 0 fully saturated rings. The van der Waals surface area contributed by atoms with Crippen LogP contribution in [0, 0.1) is 0 Å². The summed E-state index contributed by atoms with van der Waals surface area (Å²) >= 11 is 1.84. The lowest BCUT2D eigenvalue weighted by molar-refractivity contribution is 0.981. The summed E-state index contributed by atoms with van der Waals surface area (Å²) in [5.41, 5.74) is 8.15. The van der Waals surface area contributed by atoms with Gasteiger partial charge in [-0.15, -0.1) is 0 Å². The van der Waals surface area contributed by atoms with Crippen molar-refractivity contribution in [2.45, 2.75) is 0 Å². The van der Waals surface area contributed by atoms with Gasteiger partial charge in [-0.1, -0.05) is 6.07 Å². The van der Waals surface area contributed by atoms with E-state index in [1.54, 1.807) is 6.20 Å². The number of nitrogen functional groups attached to an aromatic ring is 1. The first-order chi connectivity index (χ1) is 8.24. The minimum Gasteiger partial charge on any atom is -0.397 e. The summed E-state index contributed by atoms with van der Waals surface area (Å²) in [6.07, 6.45) is 5.74. The van der Waals surface area contributed by atoms with Crippen LogP contribution in [0.25, 0.3) is 10.8 Å². The van der Waals surface area contributed by atoms with E-state index in [0.29, 0.717) is 0 Å². The quantitative estimate of drug-likeness (QED) is 0.843. The highest BCUT2D eigenvalue weighted by Gasteiger charge is 2.08. The monoisotopic (exact) mass is 247 g/mol. The Balaban J connectivity index is 2.38. The predicted molar refractivity (Wildman–Crippen MR) is 77.8 cm³/mol. The van der Waals surface area contributed by atoms with Crippen LogP contribution >= 0.6 is 11.8 Å². The predicted octanol–water partition coefficient (Wildman–Crippen LogP) is 2.62. The van der Waals surface area contributed by atoms with E-state index in [1.165, 1.54) is 0 Å².